The standard InChI is InChI=1S/C18H30N2O/c1-6-20(13-15-9-7-8-10-16(15)19)17(21)11-14(2)12-18(3,4)5/h7-10,14H,6,11-13,19H2,1-5H3. The zero-order valence-corrected chi connectivity index (χ0v) is 14.1. The number of benzene rings is 1. The molecule has 3 heteroatoms. The van der Waals surface area contributed by atoms with Crippen LogP contribution in [0.25, 0.3) is 0 Å². The zero-order valence-electron chi connectivity index (χ0n) is 14.1. The van der Waals surface area contributed by atoms with Crippen LogP contribution in [0.2, 0.25) is 0 Å². The minimum atomic E-state index is 0.220. The summed E-state index contributed by atoms with van der Waals surface area (Å²) in [5.41, 5.74) is 8.01. The number of amides is 1. The monoisotopic (exact) mass is 290 g/mol. The quantitative estimate of drug-likeness (QED) is 0.802. The molecule has 21 heavy (non-hydrogen) atoms. The van der Waals surface area contributed by atoms with E-state index >= 15 is 0 Å². The average Bonchev–Trinajstić information content (AvgIpc) is 2.35. The highest BCUT2D eigenvalue weighted by Crippen LogP contribution is 2.26. The first-order valence-electron chi connectivity index (χ1n) is 7.84. The maximum Gasteiger partial charge on any atom is 0.223 e. The van der Waals surface area contributed by atoms with Crippen LogP contribution in [0.5, 0.6) is 0 Å². The lowest BCUT2D eigenvalue weighted by atomic mass is 9.84. The zero-order chi connectivity index (χ0) is 16.0. The third-order valence-electron chi connectivity index (χ3n) is 3.63. The molecule has 0 aliphatic heterocycles. The van der Waals surface area contributed by atoms with E-state index in [2.05, 4.69) is 27.7 Å². The molecule has 1 aromatic carbocycles. The molecule has 1 atom stereocenters. The van der Waals surface area contributed by atoms with Gasteiger partial charge in [-0.3, -0.25) is 4.79 Å². The molecule has 0 aliphatic rings. The Morgan fingerprint density at radius 3 is 2.43 bits per heavy atom. The average molecular weight is 290 g/mol. The van der Waals surface area contributed by atoms with E-state index in [1.54, 1.807) is 0 Å². The molecule has 3 nitrogen and oxygen atoms in total. The summed E-state index contributed by atoms with van der Waals surface area (Å²) >= 11 is 0. The van der Waals surface area contributed by atoms with E-state index in [9.17, 15) is 4.79 Å². The van der Waals surface area contributed by atoms with Crippen molar-refractivity contribution < 1.29 is 4.79 Å². The second kappa shape index (κ2) is 7.48. The van der Waals surface area contributed by atoms with Gasteiger partial charge in [0.25, 0.3) is 0 Å². The molecule has 0 aliphatic carbocycles. The number of nitrogens with zero attached hydrogens (tertiary/aromatic N) is 1. The Bertz CT molecular complexity index is 463. The van der Waals surface area contributed by atoms with Gasteiger partial charge in [0.1, 0.15) is 0 Å². The number of rotatable bonds is 6. The highest BCUT2D eigenvalue weighted by Gasteiger charge is 2.20. The Morgan fingerprint density at radius 1 is 1.29 bits per heavy atom. The lowest BCUT2D eigenvalue weighted by Crippen LogP contribution is -2.32. The maximum atomic E-state index is 12.5. The van der Waals surface area contributed by atoms with Crippen molar-refractivity contribution in [1.29, 1.82) is 0 Å². The van der Waals surface area contributed by atoms with Crippen molar-refractivity contribution in [2.45, 2.75) is 54.0 Å². The van der Waals surface area contributed by atoms with Crippen molar-refractivity contribution in [3.05, 3.63) is 29.8 Å². The van der Waals surface area contributed by atoms with Crippen molar-refractivity contribution in [3.63, 3.8) is 0 Å². The Hall–Kier alpha value is -1.51. The first-order chi connectivity index (χ1) is 9.73. The number of nitrogen functional groups attached to an aromatic ring is 1. The summed E-state index contributed by atoms with van der Waals surface area (Å²) < 4.78 is 0. The smallest absolute Gasteiger partial charge is 0.223 e. The van der Waals surface area contributed by atoms with Crippen LogP contribution in [-0.4, -0.2) is 17.4 Å². The van der Waals surface area contributed by atoms with Gasteiger partial charge >= 0.3 is 0 Å². The predicted molar refractivity (Wildman–Crippen MR) is 89.8 cm³/mol. The van der Waals surface area contributed by atoms with Gasteiger partial charge in [0.2, 0.25) is 5.91 Å². The summed E-state index contributed by atoms with van der Waals surface area (Å²) in [6.07, 6.45) is 1.67. The number of carbonyl (C=O) groups is 1. The van der Waals surface area contributed by atoms with Gasteiger partial charge in [-0.2, -0.15) is 0 Å². The van der Waals surface area contributed by atoms with E-state index in [1.807, 2.05) is 36.1 Å². The number of para-hydroxylation sites is 1. The largest absolute Gasteiger partial charge is 0.398 e. The Morgan fingerprint density at radius 2 is 1.90 bits per heavy atom. The minimum Gasteiger partial charge on any atom is -0.398 e. The fourth-order valence-corrected chi connectivity index (χ4v) is 2.80. The third-order valence-corrected chi connectivity index (χ3v) is 3.63. The van der Waals surface area contributed by atoms with E-state index in [1.165, 1.54) is 0 Å². The minimum absolute atomic E-state index is 0.220. The van der Waals surface area contributed by atoms with Crippen molar-refractivity contribution in [2.24, 2.45) is 11.3 Å². The first-order valence-corrected chi connectivity index (χ1v) is 7.84. The van der Waals surface area contributed by atoms with Gasteiger partial charge in [-0.15, -0.1) is 0 Å². The fourth-order valence-electron chi connectivity index (χ4n) is 2.80. The number of anilines is 1. The van der Waals surface area contributed by atoms with Gasteiger partial charge in [-0.25, -0.2) is 0 Å². The van der Waals surface area contributed by atoms with E-state index in [0.717, 1.165) is 24.2 Å². The third kappa shape index (κ3) is 6.19. The lowest BCUT2D eigenvalue weighted by molar-refractivity contribution is -0.132. The Labute approximate surface area is 129 Å². The van der Waals surface area contributed by atoms with Crippen LogP contribution in [0.4, 0.5) is 5.69 Å². The summed E-state index contributed by atoms with van der Waals surface area (Å²) in [5.74, 6) is 0.622. The first kappa shape index (κ1) is 17.5. The summed E-state index contributed by atoms with van der Waals surface area (Å²) in [6, 6.07) is 7.76. The maximum absolute atomic E-state index is 12.5. The van der Waals surface area contributed by atoms with Crippen molar-refractivity contribution in [2.75, 3.05) is 12.3 Å². The molecule has 0 saturated carbocycles. The van der Waals surface area contributed by atoms with E-state index in [-0.39, 0.29) is 11.3 Å². The van der Waals surface area contributed by atoms with E-state index in [0.29, 0.717) is 18.9 Å². The van der Waals surface area contributed by atoms with Crippen molar-refractivity contribution in [3.8, 4) is 0 Å². The summed E-state index contributed by atoms with van der Waals surface area (Å²) in [4.78, 5) is 14.4. The van der Waals surface area contributed by atoms with Crippen LogP contribution in [0.15, 0.2) is 24.3 Å². The molecule has 1 amide bonds. The molecule has 1 unspecified atom stereocenters. The van der Waals surface area contributed by atoms with Crippen LogP contribution in [0.3, 0.4) is 0 Å². The molecule has 1 rings (SSSR count). The fraction of sp³-hybridized carbons (Fsp3) is 0.611. The number of carbonyl (C=O) groups excluding carboxylic acids is 1. The second-order valence-electron chi connectivity index (χ2n) is 7.18. The molecular formula is C18H30N2O. The summed E-state index contributed by atoms with van der Waals surface area (Å²) in [7, 11) is 0. The molecule has 1 aromatic rings. The Balaban J connectivity index is 2.64. The molecular weight excluding hydrogens is 260 g/mol. The van der Waals surface area contributed by atoms with Crippen LogP contribution in [0, 0.1) is 11.3 Å². The van der Waals surface area contributed by atoms with Gasteiger partial charge in [-0.1, -0.05) is 45.9 Å². The highest BCUT2D eigenvalue weighted by molar-refractivity contribution is 5.76. The van der Waals surface area contributed by atoms with Gasteiger partial charge in [0, 0.05) is 25.2 Å². The number of hydrogen-bond acceptors (Lipinski definition) is 2. The molecule has 0 aromatic heterocycles. The van der Waals surface area contributed by atoms with E-state index < -0.39 is 0 Å². The van der Waals surface area contributed by atoms with Crippen LogP contribution < -0.4 is 5.73 Å². The number of nitrogens with two attached hydrogens (primary N) is 1. The normalized spacial score (nSPS) is 13.0. The van der Waals surface area contributed by atoms with Gasteiger partial charge in [0.05, 0.1) is 0 Å². The topological polar surface area (TPSA) is 46.3 Å². The van der Waals surface area contributed by atoms with Crippen molar-refractivity contribution in [1.82, 2.24) is 4.90 Å². The van der Waals surface area contributed by atoms with Crippen LogP contribution in [0.1, 0.15) is 53.0 Å². The van der Waals surface area contributed by atoms with E-state index in [4.69, 9.17) is 5.73 Å². The second-order valence-corrected chi connectivity index (χ2v) is 7.18. The van der Waals surface area contributed by atoms with Crippen molar-refractivity contribution >= 4 is 11.6 Å². The SMILES string of the molecule is CCN(Cc1ccccc1N)C(=O)CC(C)CC(C)(C)C. The summed E-state index contributed by atoms with van der Waals surface area (Å²) in [5, 5.41) is 0. The van der Waals surface area contributed by atoms with Crippen LogP contribution in [-0.2, 0) is 11.3 Å². The summed E-state index contributed by atoms with van der Waals surface area (Å²) in [6.45, 7) is 12.2. The highest BCUT2D eigenvalue weighted by atomic mass is 16.2. The van der Waals surface area contributed by atoms with Gasteiger partial charge in [0.15, 0.2) is 0 Å². The molecule has 0 fully saturated rings. The van der Waals surface area contributed by atoms with Gasteiger partial charge in [-0.05, 0) is 36.3 Å². The molecule has 0 bridgehead atoms. The van der Waals surface area contributed by atoms with Gasteiger partial charge < -0.3 is 10.6 Å². The van der Waals surface area contributed by atoms with Crippen LogP contribution >= 0.6 is 0 Å². The number of hydrogen-bond donors (Lipinski definition) is 1. The molecule has 0 spiro atoms. The Kier molecular flexibility index (Phi) is 6.25. The molecule has 2 N–H and O–H groups in total. The molecule has 118 valence electrons. The molecule has 0 radical (unpaired) electrons. The molecule has 0 saturated heterocycles. The molecule has 0 heterocycles. The predicted octanol–water partition coefficient (Wildman–Crippen LogP) is 4.08. The lowest BCUT2D eigenvalue weighted by Gasteiger charge is -2.26.